The van der Waals surface area contributed by atoms with Gasteiger partial charge in [-0.2, -0.15) is 0 Å². The molecule has 0 unspecified atom stereocenters. The minimum atomic E-state index is -2.54. The molecule has 8 rings (SSSR count). The van der Waals surface area contributed by atoms with Gasteiger partial charge in [-0.05, 0) is 54.8 Å². The van der Waals surface area contributed by atoms with Gasteiger partial charge in [0, 0.05) is 38.4 Å². The SMILES string of the molecule is Cc1cc(-c2cccc(-c3nc4ccccc4c4c3c(C)cc3nc(-c5ccccc5)c(-c5ccccc5)nc34)c2)cc(C(F)F)c1. The van der Waals surface area contributed by atoms with E-state index in [0.717, 1.165) is 88.7 Å². The lowest BCUT2D eigenvalue weighted by Gasteiger charge is -2.17. The van der Waals surface area contributed by atoms with Crippen molar-refractivity contribution >= 4 is 32.7 Å². The third-order valence-electron chi connectivity index (χ3n) is 8.72. The predicted molar refractivity (Wildman–Crippen MR) is 189 cm³/mol. The highest BCUT2D eigenvalue weighted by Crippen LogP contribution is 2.41. The van der Waals surface area contributed by atoms with Gasteiger partial charge in [-0.1, -0.05) is 115 Å². The smallest absolute Gasteiger partial charge is 0.247 e. The molecule has 2 aromatic heterocycles. The van der Waals surface area contributed by atoms with Crippen LogP contribution in [-0.4, -0.2) is 15.0 Å². The summed E-state index contributed by atoms with van der Waals surface area (Å²) in [7, 11) is 0. The molecule has 0 aliphatic carbocycles. The van der Waals surface area contributed by atoms with Gasteiger partial charge in [0.15, 0.2) is 0 Å². The van der Waals surface area contributed by atoms with E-state index in [0.29, 0.717) is 0 Å². The minimum Gasteiger partial charge on any atom is -0.247 e. The Hall–Kier alpha value is -5.81. The zero-order valence-electron chi connectivity index (χ0n) is 25.9. The van der Waals surface area contributed by atoms with E-state index < -0.39 is 6.43 Å². The van der Waals surface area contributed by atoms with E-state index in [1.54, 1.807) is 12.1 Å². The van der Waals surface area contributed by atoms with Crippen LogP contribution >= 0.6 is 0 Å². The van der Waals surface area contributed by atoms with E-state index in [2.05, 4.69) is 43.3 Å². The number of aromatic nitrogens is 3. The number of halogens is 2. The summed E-state index contributed by atoms with van der Waals surface area (Å²) in [4.78, 5) is 15.9. The number of para-hydroxylation sites is 1. The summed E-state index contributed by atoms with van der Waals surface area (Å²) < 4.78 is 27.4. The summed E-state index contributed by atoms with van der Waals surface area (Å²) in [6, 6.07) is 43.7. The topological polar surface area (TPSA) is 38.7 Å². The number of aryl methyl sites for hydroxylation is 2. The van der Waals surface area contributed by atoms with Crippen molar-refractivity contribution in [1.29, 1.82) is 0 Å². The number of pyridine rings is 1. The Kier molecular flexibility index (Phi) is 7.02. The molecule has 0 radical (unpaired) electrons. The Morgan fingerprint density at radius 3 is 1.81 bits per heavy atom. The lowest BCUT2D eigenvalue weighted by molar-refractivity contribution is 0.151. The summed E-state index contributed by atoms with van der Waals surface area (Å²) in [5.74, 6) is 0. The highest BCUT2D eigenvalue weighted by molar-refractivity contribution is 6.22. The molecule has 0 saturated carbocycles. The summed E-state index contributed by atoms with van der Waals surface area (Å²) in [5, 5.41) is 2.98. The zero-order valence-corrected chi connectivity index (χ0v) is 25.9. The number of fused-ring (bicyclic) bond motifs is 5. The fourth-order valence-corrected chi connectivity index (χ4v) is 6.61. The van der Waals surface area contributed by atoms with Crippen molar-refractivity contribution in [3.8, 4) is 44.9 Å². The normalized spacial score (nSPS) is 11.6. The molecule has 0 spiro atoms. The summed E-state index contributed by atoms with van der Waals surface area (Å²) in [6.45, 7) is 3.94. The van der Waals surface area contributed by atoms with Crippen molar-refractivity contribution in [3.63, 3.8) is 0 Å². The number of hydrogen-bond donors (Lipinski definition) is 0. The maximum atomic E-state index is 13.7. The Balaban J connectivity index is 1.44. The molecule has 2 heterocycles. The first-order chi connectivity index (χ1) is 22.9. The number of alkyl halides is 2. The van der Waals surface area contributed by atoms with Crippen molar-refractivity contribution in [2.24, 2.45) is 0 Å². The highest BCUT2D eigenvalue weighted by atomic mass is 19.3. The van der Waals surface area contributed by atoms with Crippen molar-refractivity contribution in [1.82, 2.24) is 15.0 Å². The van der Waals surface area contributed by atoms with Gasteiger partial charge >= 0.3 is 0 Å². The average molecular weight is 614 g/mol. The second-order valence-corrected chi connectivity index (χ2v) is 12.0. The van der Waals surface area contributed by atoms with Crippen LogP contribution in [0.15, 0.2) is 133 Å². The van der Waals surface area contributed by atoms with Gasteiger partial charge in [-0.25, -0.2) is 23.7 Å². The average Bonchev–Trinajstić information content (AvgIpc) is 3.11. The van der Waals surface area contributed by atoms with Gasteiger partial charge < -0.3 is 0 Å². The third-order valence-corrected chi connectivity index (χ3v) is 8.72. The standard InChI is InChI=1S/C42H29F2N3/c1-25-20-31(24-32(21-25)42(43)44)29-16-11-17-30(23-29)38-36-26(2)22-35-41(37(36)33-18-9-10-19-34(33)45-38)47-40(28-14-7-4-8-15-28)39(46-35)27-12-5-3-6-13-27/h3-24,42H,1-2H3. The fraction of sp³-hybridized carbons (Fsp3) is 0.0714. The molecule has 0 bridgehead atoms. The third kappa shape index (κ3) is 5.10. The Bertz CT molecular complexity index is 2460. The minimum absolute atomic E-state index is 0.0182. The van der Waals surface area contributed by atoms with Crippen molar-refractivity contribution in [3.05, 3.63) is 150 Å². The molecule has 6 aromatic carbocycles. The van der Waals surface area contributed by atoms with Crippen molar-refractivity contribution in [2.75, 3.05) is 0 Å². The molecule has 0 saturated heterocycles. The first-order valence-corrected chi connectivity index (χ1v) is 15.6. The Morgan fingerprint density at radius 2 is 1.09 bits per heavy atom. The largest absolute Gasteiger partial charge is 0.263 e. The first kappa shape index (κ1) is 28.6. The molecule has 0 aliphatic rings. The maximum Gasteiger partial charge on any atom is 0.263 e. The number of nitrogens with zero attached hydrogens (tertiary/aromatic N) is 3. The molecule has 0 amide bonds. The van der Waals surface area contributed by atoms with Gasteiger partial charge in [0.2, 0.25) is 0 Å². The molecule has 0 atom stereocenters. The molecular formula is C42H29F2N3. The quantitative estimate of drug-likeness (QED) is 0.181. The van der Waals surface area contributed by atoms with Crippen LogP contribution in [0.3, 0.4) is 0 Å². The van der Waals surface area contributed by atoms with Crippen LogP contribution in [0.5, 0.6) is 0 Å². The number of rotatable bonds is 5. The van der Waals surface area contributed by atoms with Gasteiger partial charge in [-0.15, -0.1) is 0 Å². The van der Waals surface area contributed by atoms with E-state index in [9.17, 15) is 8.78 Å². The van der Waals surface area contributed by atoms with Crippen LogP contribution < -0.4 is 0 Å². The molecule has 0 N–H and O–H groups in total. The molecule has 5 heteroatoms. The molecule has 0 fully saturated rings. The summed E-state index contributed by atoms with van der Waals surface area (Å²) in [6.07, 6.45) is -2.54. The van der Waals surface area contributed by atoms with Crippen molar-refractivity contribution < 1.29 is 8.78 Å². The van der Waals surface area contributed by atoms with Gasteiger partial charge in [0.25, 0.3) is 6.43 Å². The van der Waals surface area contributed by atoms with Crippen LogP contribution in [0.25, 0.3) is 77.6 Å². The monoisotopic (exact) mass is 613 g/mol. The van der Waals surface area contributed by atoms with Crippen LogP contribution in [0, 0.1) is 13.8 Å². The lowest BCUT2D eigenvalue weighted by atomic mass is 9.93. The number of benzene rings is 6. The highest BCUT2D eigenvalue weighted by Gasteiger charge is 2.20. The van der Waals surface area contributed by atoms with Crippen LogP contribution in [-0.2, 0) is 0 Å². The van der Waals surface area contributed by atoms with Gasteiger partial charge in [0.05, 0.1) is 33.6 Å². The molecular weight excluding hydrogens is 584 g/mol. The second kappa shape index (κ2) is 11.5. The van der Waals surface area contributed by atoms with E-state index in [-0.39, 0.29) is 5.56 Å². The van der Waals surface area contributed by atoms with E-state index in [4.69, 9.17) is 15.0 Å². The van der Waals surface area contributed by atoms with E-state index in [1.165, 1.54) is 0 Å². The Labute approximate surface area is 271 Å². The van der Waals surface area contributed by atoms with E-state index >= 15 is 0 Å². The summed E-state index contributed by atoms with van der Waals surface area (Å²) >= 11 is 0. The molecule has 47 heavy (non-hydrogen) atoms. The van der Waals surface area contributed by atoms with Crippen molar-refractivity contribution in [2.45, 2.75) is 20.3 Å². The predicted octanol–water partition coefficient (Wildman–Crippen LogP) is 11.6. The molecule has 8 aromatic rings. The zero-order chi connectivity index (χ0) is 32.1. The molecule has 3 nitrogen and oxygen atoms in total. The second-order valence-electron chi connectivity index (χ2n) is 12.0. The first-order valence-electron chi connectivity index (χ1n) is 15.6. The Morgan fingerprint density at radius 1 is 0.468 bits per heavy atom. The van der Waals surface area contributed by atoms with Crippen LogP contribution in [0.2, 0.25) is 0 Å². The van der Waals surface area contributed by atoms with Crippen LogP contribution in [0.4, 0.5) is 8.78 Å². The van der Waals surface area contributed by atoms with Gasteiger partial charge in [-0.3, -0.25) is 0 Å². The summed E-state index contributed by atoms with van der Waals surface area (Å²) in [5.41, 5.74) is 11.3. The molecule has 0 aliphatic heterocycles. The molecule has 226 valence electrons. The van der Waals surface area contributed by atoms with E-state index in [1.807, 2.05) is 91.9 Å². The lowest BCUT2D eigenvalue weighted by Crippen LogP contribution is -1.99. The maximum absolute atomic E-state index is 13.7. The fourth-order valence-electron chi connectivity index (χ4n) is 6.61. The van der Waals surface area contributed by atoms with Crippen LogP contribution in [0.1, 0.15) is 23.1 Å². The number of hydrogen-bond acceptors (Lipinski definition) is 3. The van der Waals surface area contributed by atoms with Gasteiger partial charge in [0.1, 0.15) is 0 Å².